The number of aryl methyl sites for hydroxylation is 1. The van der Waals surface area contributed by atoms with Crippen LogP contribution in [0.2, 0.25) is 0 Å². The number of hydrogen-bond donors (Lipinski definition) is 2. The van der Waals surface area contributed by atoms with Crippen molar-refractivity contribution in [2.75, 3.05) is 0 Å². The molecule has 0 bridgehead atoms. The van der Waals surface area contributed by atoms with E-state index in [1.54, 1.807) is 12.1 Å². The summed E-state index contributed by atoms with van der Waals surface area (Å²) in [6, 6.07) is 44.3. The minimum Gasteiger partial charge on any atom is -0.376 e. The molecule has 0 spiro atoms. The second-order valence-corrected chi connectivity index (χ2v) is 9.25. The third kappa shape index (κ3) is 5.09. The number of benzene rings is 5. The highest BCUT2D eigenvalue weighted by molar-refractivity contribution is 5.94. The second-order valence-electron chi connectivity index (χ2n) is 9.25. The average molecular weight is 484 g/mol. The number of carbonyl (C=O) groups excluding carboxylic acids is 1. The lowest BCUT2D eigenvalue weighted by atomic mass is 9.80. The van der Waals surface area contributed by atoms with Crippen molar-refractivity contribution >= 4 is 5.91 Å². The Labute approximate surface area is 218 Å². The Kier molecular flexibility index (Phi) is 6.98. The van der Waals surface area contributed by atoms with E-state index >= 15 is 0 Å². The summed E-state index contributed by atoms with van der Waals surface area (Å²) < 4.78 is 0. The zero-order valence-corrected chi connectivity index (χ0v) is 20.7. The molecule has 37 heavy (non-hydrogen) atoms. The predicted molar refractivity (Wildman–Crippen MR) is 148 cm³/mol. The molecule has 5 rings (SSSR count). The minimum atomic E-state index is -1.34. The van der Waals surface area contributed by atoms with Gasteiger partial charge in [0, 0.05) is 5.56 Å². The van der Waals surface area contributed by atoms with Crippen LogP contribution >= 0.6 is 0 Å². The summed E-state index contributed by atoms with van der Waals surface area (Å²) in [5.41, 5.74) is 4.61. The summed E-state index contributed by atoms with van der Waals surface area (Å²) in [6.07, 6.45) is 0. The van der Waals surface area contributed by atoms with Gasteiger partial charge in [0.2, 0.25) is 0 Å². The Hall–Kier alpha value is -4.47. The number of amides is 1. The monoisotopic (exact) mass is 483 g/mol. The highest BCUT2D eigenvalue weighted by Gasteiger charge is 2.33. The van der Waals surface area contributed by atoms with Gasteiger partial charge < -0.3 is 10.4 Å². The lowest BCUT2D eigenvalue weighted by molar-refractivity contribution is 0.0942. The molecule has 3 nitrogen and oxygen atoms in total. The van der Waals surface area contributed by atoms with Crippen molar-refractivity contribution in [3.05, 3.63) is 178 Å². The SMILES string of the molecule is Cc1ccc(C(NC(=O)c2ccc(C(O)(c3ccccc3)c3ccccc3)cc2)c2ccccc2)cc1. The summed E-state index contributed by atoms with van der Waals surface area (Å²) in [5.74, 6) is -0.177. The molecule has 182 valence electrons. The summed E-state index contributed by atoms with van der Waals surface area (Å²) >= 11 is 0. The van der Waals surface area contributed by atoms with Crippen LogP contribution in [0.1, 0.15) is 49.8 Å². The topological polar surface area (TPSA) is 49.3 Å². The third-order valence-corrected chi connectivity index (χ3v) is 6.77. The first-order valence-electron chi connectivity index (χ1n) is 12.4. The van der Waals surface area contributed by atoms with E-state index in [4.69, 9.17) is 0 Å². The van der Waals surface area contributed by atoms with Crippen molar-refractivity contribution < 1.29 is 9.90 Å². The van der Waals surface area contributed by atoms with E-state index in [0.29, 0.717) is 11.1 Å². The van der Waals surface area contributed by atoms with E-state index in [2.05, 4.69) is 29.6 Å². The standard InChI is InChI=1S/C34H29NO2/c1-25-17-19-27(20-18-25)32(26-11-5-2-6-12-26)35-33(36)28-21-23-31(24-22-28)34(37,29-13-7-3-8-14-29)30-15-9-4-10-16-30/h2-24,32,37H,1H3,(H,35,36). The van der Waals surface area contributed by atoms with Crippen molar-refractivity contribution in [1.82, 2.24) is 5.32 Å². The molecular weight excluding hydrogens is 454 g/mol. The molecule has 0 heterocycles. The van der Waals surface area contributed by atoms with E-state index in [9.17, 15) is 9.90 Å². The molecular formula is C34H29NO2. The number of rotatable bonds is 7. The third-order valence-electron chi connectivity index (χ3n) is 6.77. The molecule has 0 aliphatic carbocycles. The molecule has 0 saturated carbocycles. The Bertz CT molecular complexity index is 1410. The zero-order chi connectivity index (χ0) is 25.7. The van der Waals surface area contributed by atoms with Gasteiger partial charge in [-0.2, -0.15) is 0 Å². The van der Waals surface area contributed by atoms with E-state index in [1.807, 2.05) is 110 Å². The Balaban J connectivity index is 1.46. The van der Waals surface area contributed by atoms with Crippen molar-refractivity contribution in [1.29, 1.82) is 0 Å². The van der Waals surface area contributed by atoms with E-state index in [0.717, 1.165) is 22.3 Å². The average Bonchev–Trinajstić information content (AvgIpc) is 2.97. The first-order chi connectivity index (χ1) is 18.1. The number of nitrogens with one attached hydrogen (secondary N) is 1. The molecule has 0 aliphatic heterocycles. The van der Waals surface area contributed by atoms with E-state index in [1.165, 1.54) is 5.56 Å². The van der Waals surface area contributed by atoms with Crippen molar-refractivity contribution in [2.45, 2.75) is 18.6 Å². The fourth-order valence-electron chi connectivity index (χ4n) is 4.70. The van der Waals surface area contributed by atoms with Crippen LogP contribution < -0.4 is 5.32 Å². The van der Waals surface area contributed by atoms with E-state index < -0.39 is 5.60 Å². The largest absolute Gasteiger partial charge is 0.376 e. The smallest absolute Gasteiger partial charge is 0.252 e. The molecule has 0 radical (unpaired) electrons. The molecule has 3 heteroatoms. The fraction of sp³-hybridized carbons (Fsp3) is 0.0882. The molecule has 0 aromatic heterocycles. The number of aliphatic hydroxyl groups is 1. The molecule has 1 amide bonds. The van der Waals surface area contributed by atoms with Gasteiger partial charge in [-0.3, -0.25) is 4.79 Å². The Morgan fingerprint density at radius 1 is 0.595 bits per heavy atom. The first kappa shape index (κ1) is 24.2. The van der Waals surface area contributed by atoms with Gasteiger partial charge in [0.1, 0.15) is 5.60 Å². The lowest BCUT2D eigenvalue weighted by Gasteiger charge is -2.30. The second kappa shape index (κ2) is 10.7. The van der Waals surface area contributed by atoms with E-state index in [-0.39, 0.29) is 11.9 Å². The maximum absolute atomic E-state index is 13.4. The molecule has 0 aliphatic rings. The van der Waals surface area contributed by atoms with Gasteiger partial charge in [0.05, 0.1) is 6.04 Å². The summed E-state index contributed by atoms with van der Waals surface area (Å²) in [5, 5.41) is 15.2. The maximum atomic E-state index is 13.4. The molecule has 5 aromatic rings. The molecule has 0 fully saturated rings. The molecule has 1 atom stereocenters. The van der Waals surface area contributed by atoms with Crippen LogP contribution in [0.25, 0.3) is 0 Å². The number of hydrogen-bond acceptors (Lipinski definition) is 2. The van der Waals surface area contributed by atoms with Gasteiger partial charge in [0.25, 0.3) is 5.91 Å². The molecule has 5 aromatic carbocycles. The van der Waals surface area contributed by atoms with Crippen LogP contribution in [0.4, 0.5) is 0 Å². The fourth-order valence-corrected chi connectivity index (χ4v) is 4.70. The first-order valence-corrected chi connectivity index (χ1v) is 12.4. The van der Waals surface area contributed by atoms with Crippen molar-refractivity contribution in [2.24, 2.45) is 0 Å². The quantitative estimate of drug-likeness (QED) is 0.250. The van der Waals surface area contributed by atoms with Crippen LogP contribution in [0.5, 0.6) is 0 Å². The van der Waals surface area contributed by atoms with Gasteiger partial charge >= 0.3 is 0 Å². The van der Waals surface area contributed by atoms with Gasteiger partial charge in [0.15, 0.2) is 0 Å². The van der Waals surface area contributed by atoms with Crippen LogP contribution in [0.15, 0.2) is 140 Å². The molecule has 0 saturated heterocycles. The summed E-state index contributed by atoms with van der Waals surface area (Å²) in [6.45, 7) is 2.05. The maximum Gasteiger partial charge on any atom is 0.252 e. The number of carbonyl (C=O) groups is 1. The van der Waals surface area contributed by atoms with Crippen LogP contribution in [-0.2, 0) is 5.60 Å². The van der Waals surface area contributed by atoms with Crippen LogP contribution in [-0.4, -0.2) is 11.0 Å². The van der Waals surface area contributed by atoms with Crippen LogP contribution in [0.3, 0.4) is 0 Å². The normalized spacial score (nSPS) is 12.1. The summed E-state index contributed by atoms with van der Waals surface area (Å²) in [7, 11) is 0. The van der Waals surface area contributed by atoms with Crippen molar-refractivity contribution in [3.63, 3.8) is 0 Å². The lowest BCUT2D eigenvalue weighted by Crippen LogP contribution is -2.30. The van der Waals surface area contributed by atoms with Gasteiger partial charge in [-0.25, -0.2) is 0 Å². The van der Waals surface area contributed by atoms with Gasteiger partial charge in [-0.1, -0.05) is 133 Å². The molecule has 1 unspecified atom stereocenters. The van der Waals surface area contributed by atoms with Crippen LogP contribution in [0, 0.1) is 6.92 Å². The highest BCUT2D eigenvalue weighted by atomic mass is 16.3. The Morgan fingerprint density at radius 2 is 1.03 bits per heavy atom. The van der Waals surface area contributed by atoms with Gasteiger partial charge in [-0.15, -0.1) is 0 Å². The zero-order valence-electron chi connectivity index (χ0n) is 20.7. The minimum absolute atomic E-state index is 0.177. The molecule has 2 N–H and O–H groups in total. The summed E-state index contributed by atoms with van der Waals surface area (Å²) in [4.78, 5) is 13.4. The highest BCUT2D eigenvalue weighted by Crippen LogP contribution is 2.36. The predicted octanol–water partition coefficient (Wildman–Crippen LogP) is 6.80. The Morgan fingerprint density at radius 3 is 1.54 bits per heavy atom. The van der Waals surface area contributed by atoms with Crippen molar-refractivity contribution in [3.8, 4) is 0 Å². The van der Waals surface area contributed by atoms with Gasteiger partial charge in [-0.05, 0) is 46.9 Å².